The average Bonchev–Trinajstić information content (AvgIpc) is 2.99. The molecule has 2 aromatic carbocycles. The molecule has 1 aliphatic rings. The van der Waals surface area contributed by atoms with Crippen molar-refractivity contribution in [2.45, 2.75) is 0 Å². The molecule has 2 amide bonds. The van der Waals surface area contributed by atoms with Crippen LogP contribution >= 0.6 is 27.7 Å². The van der Waals surface area contributed by atoms with Gasteiger partial charge in [0.2, 0.25) is 0 Å². The van der Waals surface area contributed by atoms with Gasteiger partial charge in [0.05, 0.1) is 10.6 Å². The minimum absolute atomic E-state index is 0.0589. The van der Waals surface area contributed by atoms with E-state index in [1.54, 1.807) is 30.5 Å². The molecule has 8 heteroatoms. The Morgan fingerprint density at radius 2 is 1.90 bits per heavy atom. The first-order chi connectivity index (χ1) is 14.4. The molecule has 6 nitrogen and oxygen atoms in total. The number of imide groups is 1. The smallest absolute Gasteiger partial charge is 0.293 e. The molecule has 0 unspecified atom stereocenters. The molecule has 0 bridgehead atoms. The van der Waals surface area contributed by atoms with Gasteiger partial charge in [-0.15, -0.1) is 0 Å². The van der Waals surface area contributed by atoms with Crippen molar-refractivity contribution in [1.29, 1.82) is 0 Å². The number of rotatable bonds is 4. The monoisotopic (exact) mass is 482 g/mol. The van der Waals surface area contributed by atoms with E-state index in [0.29, 0.717) is 20.7 Å². The highest BCUT2D eigenvalue weighted by molar-refractivity contribution is 9.10. The zero-order valence-corrected chi connectivity index (χ0v) is 18.1. The fourth-order valence-electron chi connectivity index (χ4n) is 2.79. The number of phenolic OH excluding ortho intramolecular Hbond substituents is 1. The quantitative estimate of drug-likeness (QED) is 0.482. The molecule has 150 valence electrons. The summed E-state index contributed by atoms with van der Waals surface area (Å²) in [6, 6.07) is 16.1. The Bertz CT molecular complexity index is 1160. The van der Waals surface area contributed by atoms with Gasteiger partial charge >= 0.3 is 0 Å². The number of thioether (sulfide) groups is 1. The number of carbonyl (C=O) groups excluding carboxylic acids is 2. The number of carbonyl (C=O) groups is 2. The lowest BCUT2D eigenvalue weighted by Gasteiger charge is -2.11. The molecule has 4 rings (SSSR count). The number of pyridine rings is 1. The van der Waals surface area contributed by atoms with Gasteiger partial charge in [0.25, 0.3) is 11.1 Å². The van der Waals surface area contributed by atoms with E-state index in [1.165, 1.54) is 13.1 Å². The first-order valence-corrected chi connectivity index (χ1v) is 10.5. The van der Waals surface area contributed by atoms with Gasteiger partial charge in [-0.1, -0.05) is 22.0 Å². The number of aromatic nitrogens is 1. The summed E-state index contributed by atoms with van der Waals surface area (Å²) in [4.78, 5) is 29.5. The minimum Gasteiger partial charge on any atom is -0.504 e. The second kappa shape index (κ2) is 8.33. The van der Waals surface area contributed by atoms with Crippen LogP contribution in [0.25, 0.3) is 17.3 Å². The second-order valence-electron chi connectivity index (χ2n) is 6.42. The molecule has 30 heavy (non-hydrogen) atoms. The summed E-state index contributed by atoms with van der Waals surface area (Å²) in [5.41, 5.74) is 2.40. The van der Waals surface area contributed by atoms with Crippen LogP contribution < -0.4 is 4.74 Å². The van der Waals surface area contributed by atoms with Crippen molar-refractivity contribution in [1.82, 2.24) is 9.88 Å². The molecule has 1 fully saturated rings. The number of likely N-dealkylation sites (N-methyl/N-ethyl adjacent to an activating group) is 1. The van der Waals surface area contributed by atoms with Crippen LogP contribution in [0.5, 0.6) is 17.2 Å². The number of aromatic hydroxyl groups is 1. The Labute approximate surface area is 185 Å². The van der Waals surface area contributed by atoms with Gasteiger partial charge in [0.15, 0.2) is 11.5 Å². The normalized spacial score (nSPS) is 15.1. The van der Waals surface area contributed by atoms with Crippen LogP contribution in [-0.4, -0.2) is 33.2 Å². The number of amides is 2. The van der Waals surface area contributed by atoms with Gasteiger partial charge in [-0.05, 0) is 71.9 Å². The number of halogens is 1. The van der Waals surface area contributed by atoms with E-state index in [9.17, 15) is 14.7 Å². The predicted molar refractivity (Wildman–Crippen MR) is 119 cm³/mol. The Kier molecular flexibility index (Phi) is 5.61. The van der Waals surface area contributed by atoms with Crippen molar-refractivity contribution in [2.75, 3.05) is 7.05 Å². The Hall–Kier alpha value is -3.10. The molecular weight excluding hydrogens is 468 g/mol. The molecule has 0 aliphatic carbocycles. The summed E-state index contributed by atoms with van der Waals surface area (Å²) in [5, 5.41) is 9.96. The van der Waals surface area contributed by atoms with Crippen molar-refractivity contribution < 1.29 is 19.4 Å². The molecule has 2 heterocycles. The first-order valence-electron chi connectivity index (χ1n) is 8.86. The van der Waals surface area contributed by atoms with Gasteiger partial charge in [-0.25, -0.2) is 0 Å². The van der Waals surface area contributed by atoms with E-state index < -0.39 is 0 Å². The van der Waals surface area contributed by atoms with Crippen LogP contribution in [-0.2, 0) is 4.79 Å². The van der Waals surface area contributed by atoms with E-state index in [1.807, 2.05) is 30.3 Å². The summed E-state index contributed by atoms with van der Waals surface area (Å²) >= 11 is 4.24. The lowest BCUT2D eigenvalue weighted by Crippen LogP contribution is -2.22. The number of ether oxygens (including phenoxy) is 1. The van der Waals surface area contributed by atoms with Gasteiger partial charge in [-0.3, -0.25) is 19.5 Å². The Morgan fingerprint density at radius 3 is 2.53 bits per heavy atom. The van der Waals surface area contributed by atoms with E-state index in [4.69, 9.17) is 4.74 Å². The lowest BCUT2D eigenvalue weighted by atomic mass is 10.1. The summed E-state index contributed by atoms with van der Waals surface area (Å²) in [6.45, 7) is 0. The predicted octanol–water partition coefficient (Wildman–Crippen LogP) is 5.68. The van der Waals surface area contributed by atoms with Crippen LogP contribution in [0.3, 0.4) is 0 Å². The summed E-state index contributed by atoms with van der Waals surface area (Å²) < 4.78 is 6.41. The molecule has 1 saturated heterocycles. The Morgan fingerprint density at radius 1 is 1.13 bits per heavy atom. The zero-order valence-electron chi connectivity index (χ0n) is 15.7. The number of nitrogens with zero attached hydrogens (tertiary/aromatic N) is 2. The molecule has 1 aliphatic heterocycles. The van der Waals surface area contributed by atoms with Crippen LogP contribution in [0.2, 0.25) is 0 Å². The van der Waals surface area contributed by atoms with Gasteiger partial charge in [0, 0.05) is 23.3 Å². The maximum Gasteiger partial charge on any atom is 0.293 e. The van der Waals surface area contributed by atoms with Crippen molar-refractivity contribution >= 4 is 44.9 Å². The second-order valence-corrected chi connectivity index (χ2v) is 8.27. The van der Waals surface area contributed by atoms with Crippen molar-refractivity contribution in [2.24, 2.45) is 0 Å². The molecule has 1 aromatic heterocycles. The van der Waals surface area contributed by atoms with Gasteiger partial charge in [0.1, 0.15) is 5.75 Å². The number of hydrogen-bond acceptors (Lipinski definition) is 6. The average molecular weight is 483 g/mol. The van der Waals surface area contributed by atoms with E-state index in [2.05, 4.69) is 20.9 Å². The highest BCUT2D eigenvalue weighted by Crippen LogP contribution is 2.39. The zero-order chi connectivity index (χ0) is 21.3. The maximum absolute atomic E-state index is 12.1. The van der Waals surface area contributed by atoms with Crippen molar-refractivity contribution in [3.63, 3.8) is 0 Å². The number of benzene rings is 2. The standard InChI is InChI=1S/C22H15BrN2O4S/c1-25-21(27)20(30-22(25)28)11-14-10-19(18(26)12-16(14)23)29-15-7-5-13(6-8-15)17-4-2-3-9-24-17/h2-12,26H,1H3/b20-11-. The molecule has 0 saturated carbocycles. The minimum atomic E-state index is -0.363. The fourth-order valence-corrected chi connectivity index (χ4v) is 4.06. The van der Waals surface area contributed by atoms with E-state index >= 15 is 0 Å². The van der Waals surface area contributed by atoms with Crippen molar-refractivity contribution in [3.8, 4) is 28.5 Å². The molecule has 0 radical (unpaired) electrons. The van der Waals surface area contributed by atoms with Crippen LogP contribution in [0.15, 0.2) is 70.2 Å². The lowest BCUT2D eigenvalue weighted by molar-refractivity contribution is -0.121. The maximum atomic E-state index is 12.1. The molecule has 0 spiro atoms. The van der Waals surface area contributed by atoms with Crippen LogP contribution in [0.1, 0.15) is 5.56 Å². The third-order valence-corrected chi connectivity index (χ3v) is 6.04. The van der Waals surface area contributed by atoms with E-state index in [0.717, 1.165) is 27.9 Å². The summed E-state index contributed by atoms with van der Waals surface area (Å²) in [7, 11) is 1.44. The fraction of sp³-hybridized carbons (Fsp3) is 0.0455. The SMILES string of the molecule is CN1C(=O)S/C(=C\c2cc(Oc3ccc(-c4ccccn4)cc3)c(O)cc2Br)C1=O. The largest absolute Gasteiger partial charge is 0.504 e. The van der Waals surface area contributed by atoms with Crippen LogP contribution in [0.4, 0.5) is 4.79 Å². The molecular formula is C22H15BrN2O4S. The number of hydrogen-bond donors (Lipinski definition) is 1. The van der Waals surface area contributed by atoms with Gasteiger partial charge in [-0.2, -0.15) is 0 Å². The molecule has 1 N–H and O–H groups in total. The highest BCUT2D eigenvalue weighted by Gasteiger charge is 2.32. The highest BCUT2D eigenvalue weighted by atomic mass is 79.9. The first kappa shape index (κ1) is 20.2. The molecule has 3 aromatic rings. The summed E-state index contributed by atoms with van der Waals surface area (Å²) in [5.74, 6) is 0.340. The third-order valence-electron chi connectivity index (χ3n) is 4.39. The number of phenols is 1. The third kappa shape index (κ3) is 4.10. The molecule has 0 atom stereocenters. The topological polar surface area (TPSA) is 79.7 Å². The summed E-state index contributed by atoms with van der Waals surface area (Å²) in [6.07, 6.45) is 3.32. The van der Waals surface area contributed by atoms with Gasteiger partial charge < -0.3 is 9.84 Å². The van der Waals surface area contributed by atoms with Crippen molar-refractivity contribution in [3.05, 3.63) is 75.7 Å². The van der Waals surface area contributed by atoms with Crippen LogP contribution in [0, 0.1) is 0 Å². The van der Waals surface area contributed by atoms with E-state index in [-0.39, 0.29) is 22.6 Å². The Balaban J connectivity index is 1.60.